The Morgan fingerprint density at radius 2 is 1.77 bits per heavy atom. The third-order valence-electron chi connectivity index (χ3n) is 4.44. The van der Waals surface area contributed by atoms with Crippen molar-refractivity contribution >= 4 is 27.3 Å². The number of benzene rings is 2. The summed E-state index contributed by atoms with van der Waals surface area (Å²) in [4.78, 5) is 12.1. The monoisotopic (exact) mass is 376 g/mol. The molecule has 2 aromatic carbocycles. The van der Waals surface area contributed by atoms with Crippen LogP contribution in [0, 0.1) is 0 Å². The molecule has 0 aromatic heterocycles. The predicted octanol–water partition coefficient (Wildman–Crippen LogP) is 2.73. The van der Waals surface area contributed by atoms with Gasteiger partial charge in [0.05, 0.1) is 30.2 Å². The number of sulfonamides is 1. The minimum atomic E-state index is -3.86. The second kappa shape index (κ2) is 6.21. The molecule has 1 heterocycles. The molecular formula is C18H20N2O5S. The average molecular weight is 376 g/mol. The van der Waals surface area contributed by atoms with E-state index in [0.29, 0.717) is 28.4 Å². The highest BCUT2D eigenvalue weighted by molar-refractivity contribution is 7.92. The van der Waals surface area contributed by atoms with Gasteiger partial charge in [-0.3, -0.25) is 9.52 Å². The quantitative estimate of drug-likeness (QED) is 0.837. The highest BCUT2D eigenvalue weighted by Crippen LogP contribution is 2.39. The Morgan fingerprint density at radius 3 is 2.42 bits per heavy atom. The topological polar surface area (TPSA) is 93.7 Å². The van der Waals surface area contributed by atoms with Gasteiger partial charge in [-0.25, -0.2) is 8.42 Å². The minimum Gasteiger partial charge on any atom is -0.497 e. The third kappa shape index (κ3) is 2.96. The SMILES string of the molecule is COc1ccc(NS(=O)(=O)c2ccc3c(c2)C(C)(C)C(=O)N3)c(OC)c1. The number of hydrogen-bond acceptors (Lipinski definition) is 5. The molecule has 0 bridgehead atoms. The van der Waals surface area contributed by atoms with Crippen LogP contribution in [0.5, 0.6) is 11.5 Å². The van der Waals surface area contributed by atoms with E-state index >= 15 is 0 Å². The Morgan fingerprint density at radius 1 is 1.04 bits per heavy atom. The molecule has 0 atom stereocenters. The van der Waals surface area contributed by atoms with E-state index in [4.69, 9.17) is 9.47 Å². The summed E-state index contributed by atoms with van der Waals surface area (Å²) >= 11 is 0. The van der Waals surface area contributed by atoms with E-state index in [9.17, 15) is 13.2 Å². The molecule has 1 aliphatic heterocycles. The highest BCUT2D eigenvalue weighted by atomic mass is 32.2. The van der Waals surface area contributed by atoms with Crippen LogP contribution in [0.1, 0.15) is 19.4 Å². The first-order valence-electron chi connectivity index (χ1n) is 7.90. The molecule has 0 saturated heterocycles. The number of methoxy groups -OCH3 is 2. The van der Waals surface area contributed by atoms with E-state index in [-0.39, 0.29) is 10.8 Å². The van der Waals surface area contributed by atoms with Crippen molar-refractivity contribution in [3.8, 4) is 11.5 Å². The molecular weight excluding hydrogens is 356 g/mol. The highest BCUT2D eigenvalue weighted by Gasteiger charge is 2.39. The molecule has 1 amide bonds. The summed E-state index contributed by atoms with van der Waals surface area (Å²) in [6.07, 6.45) is 0. The van der Waals surface area contributed by atoms with Crippen LogP contribution in [0.15, 0.2) is 41.3 Å². The van der Waals surface area contributed by atoms with E-state index in [1.165, 1.54) is 26.4 Å². The summed E-state index contributed by atoms with van der Waals surface area (Å²) in [7, 11) is -0.904. The Bertz CT molecular complexity index is 983. The molecule has 0 spiro atoms. The van der Waals surface area contributed by atoms with Crippen molar-refractivity contribution in [1.82, 2.24) is 0 Å². The summed E-state index contributed by atoms with van der Waals surface area (Å²) in [6, 6.07) is 9.37. The Balaban J connectivity index is 1.98. The van der Waals surface area contributed by atoms with Gasteiger partial charge in [0.1, 0.15) is 11.5 Å². The van der Waals surface area contributed by atoms with Crippen molar-refractivity contribution in [3.05, 3.63) is 42.0 Å². The van der Waals surface area contributed by atoms with Gasteiger partial charge in [-0.2, -0.15) is 0 Å². The van der Waals surface area contributed by atoms with Gasteiger partial charge in [0.2, 0.25) is 5.91 Å². The van der Waals surface area contributed by atoms with E-state index < -0.39 is 15.4 Å². The van der Waals surface area contributed by atoms with Gasteiger partial charge < -0.3 is 14.8 Å². The molecule has 2 N–H and O–H groups in total. The number of carbonyl (C=O) groups excluding carboxylic acids is 1. The lowest BCUT2D eigenvalue weighted by atomic mass is 9.86. The second-order valence-corrected chi connectivity index (χ2v) is 8.14. The van der Waals surface area contributed by atoms with Crippen LogP contribution in [-0.2, 0) is 20.2 Å². The average Bonchev–Trinajstić information content (AvgIpc) is 2.84. The molecule has 2 aromatic rings. The fourth-order valence-corrected chi connectivity index (χ4v) is 3.90. The molecule has 1 aliphatic rings. The van der Waals surface area contributed by atoms with E-state index in [0.717, 1.165) is 0 Å². The number of carbonyl (C=O) groups is 1. The molecule has 0 fully saturated rings. The number of rotatable bonds is 5. The van der Waals surface area contributed by atoms with Gasteiger partial charge >= 0.3 is 0 Å². The second-order valence-electron chi connectivity index (χ2n) is 6.46. The first kappa shape index (κ1) is 18.1. The van der Waals surface area contributed by atoms with Gasteiger partial charge in [0.15, 0.2) is 0 Å². The number of ether oxygens (including phenoxy) is 2. The maximum Gasteiger partial charge on any atom is 0.262 e. The van der Waals surface area contributed by atoms with Crippen molar-refractivity contribution < 1.29 is 22.7 Å². The molecule has 26 heavy (non-hydrogen) atoms. The van der Waals surface area contributed by atoms with Crippen LogP contribution in [0.2, 0.25) is 0 Å². The van der Waals surface area contributed by atoms with Gasteiger partial charge in [-0.05, 0) is 49.7 Å². The number of anilines is 2. The van der Waals surface area contributed by atoms with E-state index in [1.807, 2.05) is 0 Å². The smallest absolute Gasteiger partial charge is 0.262 e. The molecule has 3 rings (SSSR count). The molecule has 0 aliphatic carbocycles. The van der Waals surface area contributed by atoms with Gasteiger partial charge in [-0.15, -0.1) is 0 Å². The number of amides is 1. The largest absolute Gasteiger partial charge is 0.497 e. The van der Waals surface area contributed by atoms with Crippen LogP contribution in [0.3, 0.4) is 0 Å². The first-order valence-corrected chi connectivity index (χ1v) is 9.38. The van der Waals surface area contributed by atoms with Crippen molar-refractivity contribution in [1.29, 1.82) is 0 Å². The molecule has 8 heteroatoms. The number of nitrogens with one attached hydrogen (secondary N) is 2. The fourth-order valence-electron chi connectivity index (χ4n) is 2.80. The molecule has 0 radical (unpaired) electrons. The van der Waals surface area contributed by atoms with E-state index in [1.54, 1.807) is 38.1 Å². The molecule has 7 nitrogen and oxygen atoms in total. The first-order chi connectivity index (χ1) is 12.2. The molecule has 0 saturated carbocycles. The fraction of sp³-hybridized carbons (Fsp3) is 0.278. The standard InChI is InChI=1S/C18H20N2O5S/c1-18(2)13-10-12(6-8-14(13)19-17(18)21)26(22,23)20-15-7-5-11(24-3)9-16(15)25-4/h5-10,20H,1-4H3,(H,19,21). The summed E-state index contributed by atoms with van der Waals surface area (Å²) in [6.45, 7) is 3.51. The zero-order valence-electron chi connectivity index (χ0n) is 14.9. The maximum absolute atomic E-state index is 12.8. The van der Waals surface area contributed by atoms with E-state index in [2.05, 4.69) is 10.0 Å². The van der Waals surface area contributed by atoms with Crippen LogP contribution in [-0.4, -0.2) is 28.5 Å². The van der Waals surface area contributed by atoms with Crippen molar-refractivity contribution in [2.24, 2.45) is 0 Å². The Kier molecular flexibility index (Phi) is 4.31. The summed E-state index contributed by atoms with van der Waals surface area (Å²) in [5.74, 6) is 0.728. The van der Waals surface area contributed by atoms with Crippen molar-refractivity contribution in [2.45, 2.75) is 24.2 Å². The number of fused-ring (bicyclic) bond motifs is 1. The van der Waals surface area contributed by atoms with Crippen LogP contribution >= 0.6 is 0 Å². The summed E-state index contributed by atoms with van der Waals surface area (Å²) < 4.78 is 38.5. The summed E-state index contributed by atoms with van der Waals surface area (Å²) in [5.41, 5.74) is 0.772. The zero-order chi connectivity index (χ0) is 19.1. The predicted molar refractivity (Wildman–Crippen MR) is 98.5 cm³/mol. The van der Waals surface area contributed by atoms with Gasteiger partial charge in [0.25, 0.3) is 10.0 Å². The van der Waals surface area contributed by atoms with Crippen LogP contribution < -0.4 is 19.5 Å². The Hall–Kier alpha value is -2.74. The lowest BCUT2D eigenvalue weighted by molar-refractivity contribution is -0.119. The Labute approximate surface area is 152 Å². The van der Waals surface area contributed by atoms with Gasteiger partial charge in [-0.1, -0.05) is 0 Å². The molecule has 138 valence electrons. The normalized spacial score (nSPS) is 15.2. The van der Waals surface area contributed by atoms with Crippen LogP contribution in [0.4, 0.5) is 11.4 Å². The third-order valence-corrected chi connectivity index (χ3v) is 5.81. The summed E-state index contributed by atoms with van der Waals surface area (Å²) in [5, 5.41) is 2.76. The minimum absolute atomic E-state index is 0.0682. The van der Waals surface area contributed by atoms with Crippen molar-refractivity contribution in [2.75, 3.05) is 24.3 Å². The lowest BCUT2D eigenvalue weighted by Gasteiger charge is -2.17. The number of hydrogen-bond donors (Lipinski definition) is 2. The maximum atomic E-state index is 12.8. The van der Waals surface area contributed by atoms with Crippen LogP contribution in [0.25, 0.3) is 0 Å². The van der Waals surface area contributed by atoms with Crippen molar-refractivity contribution in [3.63, 3.8) is 0 Å². The van der Waals surface area contributed by atoms with Gasteiger partial charge in [0, 0.05) is 11.8 Å². The zero-order valence-corrected chi connectivity index (χ0v) is 15.7. The molecule has 0 unspecified atom stereocenters. The lowest BCUT2D eigenvalue weighted by Crippen LogP contribution is -2.27.